The van der Waals surface area contributed by atoms with E-state index in [1.54, 1.807) is 0 Å². The molecule has 2 aromatic heterocycles. The minimum Gasteiger partial charge on any atom is -0.338 e. The zero-order valence-electron chi connectivity index (χ0n) is 14.7. The summed E-state index contributed by atoms with van der Waals surface area (Å²) in [5.74, 6) is 0. The number of hydrogen-bond donors (Lipinski definition) is 1. The SMILES string of the molecule is O=C(NCCc1cn2ccccc2n1)N1CCC[C@H](N2CCCC2)C1. The van der Waals surface area contributed by atoms with Gasteiger partial charge in [-0.2, -0.15) is 0 Å². The molecule has 6 nitrogen and oxygen atoms in total. The molecule has 134 valence electrons. The first-order valence-corrected chi connectivity index (χ1v) is 9.49. The van der Waals surface area contributed by atoms with Gasteiger partial charge in [-0.25, -0.2) is 9.78 Å². The van der Waals surface area contributed by atoms with E-state index >= 15 is 0 Å². The van der Waals surface area contributed by atoms with E-state index in [-0.39, 0.29) is 6.03 Å². The predicted molar refractivity (Wildman–Crippen MR) is 97.7 cm³/mol. The lowest BCUT2D eigenvalue weighted by Crippen LogP contribution is -2.52. The molecule has 4 rings (SSSR count). The van der Waals surface area contributed by atoms with Gasteiger partial charge in [-0.15, -0.1) is 0 Å². The van der Waals surface area contributed by atoms with E-state index < -0.39 is 0 Å². The molecular weight excluding hydrogens is 314 g/mol. The molecule has 1 atom stereocenters. The minimum absolute atomic E-state index is 0.0765. The fraction of sp³-hybridized carbons (Fsp3) is 0.579. The number of imidazole rings is 1. The van der Waals surface area contributed by atoms with Gasteiger partial charge in [-0.1, -0.05) is 6.07 Å². The number of amides is 2. The summed E-state index contributed by atoms with van der Waals surface area (Å²) in [6.07, 6.45) is 9.74. The van der Waals surface area contributed by atoms with Gasteiger partial charge in [0, 0.05) is 44.5 Å². The molecule has 25 heavy (non-hydrogen) atoms. The fourth-order valence-corrected chi connectivity index (χ4v) is 4.06. The number of piperidine rings is 1. The maximum absolute atomic E-state index is 12.5. The second kappa shape index (κ2) is 7.44. The first-order valence-electron chi connectivity index (χ1n) is 9.49. The van der Waals surface area contributed by atoms with Crippen molar-refractivity contribution in [3.8, 4) is 0 Å². The molecule has 0 aliphatic carbocycles. The molecule has 2 aromatic rings. The predicted octanol–water partition coefficient (Wildman–Crippen LogP) is 2.15. The molecule has 1 N–H and O–H groups in total. The molecule has 4 heterocycles. The number of fused-ring (bicyclic) bond motifs is 1. The quantitative estimate of drug-likeness (QED) is 0.927. The van der Waals surface area contributed by atoms with Gasteiger partial charge in [-0.05, 0) is 50.9 Å². The van der Waals surface area contributed by atoms with Crippen molar-refractivity contribution >= 4 is 11.7 Å². The Hall–Kier alpha value is -2.08. The van der Waals surface area contributed by atoms with Gasteiger partial charge in [0.05, 0.1) is 5.69 Å². The normalized spacial score (nSPS) is 21.8. The summed E-state index contributed by atoms with van der Waals surface area (Å²) in [5.41, 5.74) is 1.97. The first kappa shape index (κ1) is 16.4. The molecule has 0 spiro atoms. The van der Waals surface area contributed by atoms with Crippen LogP contribution in [0.1, 0.15) is 31.4 Å². The highest BCUT2D eigenvalue weighted by molar-refractivity contribution is 5.74. The Bertz CT molecular complexity index is 688. The maximum atomic E-state index is 12.5. The zero-order valence-corrected chi connectivity index (χ0v) is 14.7. The second-order valence-corrected chi connectivity index (χ2v) is 7.17. The van der Waals surface area contributed by atoms with Crippen molar-refractivity contribution in [3.05, 3.63) is 36.3 Å². The van der Waals surface area contributed by atoms with Crippen molar-refractivity contribution in [3.63, 3.8) is 0 Å². The van der Waals surface area contributed by atoms with E-state index in [1.807, 2.05) is 39.9 Å². The van der Waals surface area contributed by atoms with Gasteiger partial charge >= 0.3 is 6.03 Å². The van der Waals surface area contributed by atoms with Crippen molar-refractivity contribution < 1.29 is 4.79 Å². The van der Waals surface area contributed by atoms with Crippen molar-refractivity contribution in [2.45, 2.75) is 38.1 Å². The van der Waals surface area contributed by atoms with E-state index in [4.69, 9.17) is 0 Å². The maximum Gasteiger partial charge on any atom is 0.317 e. The van der Waals surface area contributed by atoms with Gasteiger partial charge in [0.2, 0.25) is 0 Å². The number of urea groups is 1. The number of pyridine rings is 1. The molecule has 2 fully saturated rings. The van der Waals surface area contributed by atoms with E-state index in [0.29, 0.717) is 12.6 Å². The van der Waals surface area contributed by atoms with Crippen LogP contribution < -0.4 is 5.32 Å². The highest BCUT2D eigenvalue weighted by atomic mass is 16.2. The number of carbonyl (C=O) groups is 1. The zero-order chi connectivity index (χ0) is 17.1. The Morgan fingerprint density at radius 2 is 2.08 bits per heavy atom. The Morgan fingerprint density at radius 1 is 1.20 bits per heavy atom. The van der Waals surface area contributed by atoms with E-state index in [1.165, 1.54) is 32.4 Å². The molecule has 2 amide bonds. The summed E-state index contributed by atoms with van der Waals surface area (Å²) in [5, 5.41) is 3.08. The smallest absolute Gasteiger partial charge is 0.317 e. The van der Waals surface area contributed by atoms with Crippen LogP contribution in [0.4, 0.5) is 4.79 Å². The topological polar surface area (TPSA) is 52.9 Å². The first-order chi connectivity index (χ1) is 12.3. The van der Waals surface area contributed by atoms with Crippen LogP contribution >= 0.6 is 0 Å². The van der Waals surface area contributed by atoms with Crippen molar-refractivity contribution in [2.24, 2.45) is 0 Å². The molecule has 0 bridgehead atoms. The molecule has 0 aromatic carbocycles. The van der Waals surface area contributed by atoms with Gasteiger partial charge in [-0.3, -0.25) is 4.90 Å². The standard InChI is InChI=1S/C19H27N5O/c25-19(24-13-5-6-17(15-24)22-10-3-4-11-22)20-9-8-16-14-23-12-2-1-7-18(23)21-16/h1-2,7,12,14,17H,3-6,8-11,13,15H2,(H,20,25)/t17-/m0/s1. The molecule has 0 saturated carbocycles. The van der Waals surface area contributed by atoms with Crippen LogP contribution in [0.3, 0.4) is 0 Å². The summed E-state index contributed by atoms with van der Waals surface area (Å²) in [6, 6.07) is 6.61. The van der Waals surface area contributed by atoms with Gasteiger partial charge < -0.3 is 14.6 Å². The monoisotopic (exact) mass is 341 g/mol. The van der Waals surface area contributed by atoms with E-state index in [2.05, 4.69) is 15.2 Å². The molecule has 2 saturated heterocycles. The molecule has 0 unspecified atom stereocenters. The van der Waals surface area contributed by atoms with E-state index in [0.717, 1.165) is 37.3 Å². The van der Waals surface area contributed by atoms with Crippen LogP contribution in [0.25, 0.3) is 5.65 Å². The summed E-state index contributed by atoms with van der Waals surface area (Å²) in [6.45, 7) is 4.79. The minimum atomic E-state index is 0.0765. The largest absolute Gasteiger partial charge is 0.338 e. The van der Waals surface area contributed by atoms with Crippen LogP contribution in [-0.4, -0.2) is 64.0 Å². The summed E-state index contributed by atoms with van der Waals surface area (Å²) < 4.78 is 2.02. The summed E-state index contributed by atoms with van der Waals surface area (Å²) >= 11 is 0. The van der Waals surface area contributed by atoms with Crippen molar-refractivity contribution in [2.75, 3.05) is 32.7 Å². The van der Waals surface area contributed by atoms with Crippen LogP contribution in [0.15, 0.2) is 30.6 Å². The highest BCUT2D eigenvalue weighted by Gasteiger charge is 2.29. The van der Waals surface area contributed by atoms with Crippen molar-refractivity contribution in [1.82, 2.24) is 24.5 Å². The molecular formula is C19H27N5O. The Kier molecular flexibility index (Phi) is 4.88. The lowest BCUT2D eigenvalue weighted by molar-refractivity contribution is 0.125. The Balaban J connectivity index is 1.26. The van der Waals surface area contributed by atoms with Crippen molar-refractivity contribution in [1.29, 1.82) is 0 Å². The average Bonchev–Trinajstić information content (AvgIpc) is 3.31. The third kappa shape index (κ3) is 3.79. The van der Waals surface area contributed by atoms with Crippen LogP contribution in [0.2, 0.25) is 0 Å². The number of carbonyl (C=O) groups excluding carboxylic acids is 1. The molecule has 0 radical (unpaired) electrons. The summed E-state index contributed by atoms with van der Waals surface area (Å²) in [7, 11) is 0. The van der Waals surface area contributed by atoms with Crippen LogP contribution in [0, 0.1) is 0 Å². The number of rotatable bonds is 4. The number of nitrogens with zero attached hydrogens (tertiary/aromatic N) is 4. The third-order valence-corrected chi connectivity index (χ3v) is 5.41. The molecule has 2 aliphatic rings. The summed E-state index contributed by atoms with van der Waals surface area (Å²) in [4.78, 5) is 21.6. The molecule has 6 heteroatoms. The lowest BCUT2D eigenvalue weighted by Gasteiger charge is -2.37. The fourth-order valence-electron chi connectivity index (χ4n) is 4.06. The Morgan fingerprint density at radius 3 is 2.92 bits per heavy atom. The van der Waals surface area contributed by atoms with Crippen LogP contribution in [-0.2, 0) is 6.42 Å². The third-order valence-electron chi connectivity index (χ3n) is 5.41. The average molecular weight is 341 g/mol. The second-order valence-electron chi connectivity index (χ2n) is 7.17. The lowest BCUT2D eigenvalue weighted by atomic mass is 10.0. The van der Waals surface area contributed by atoms with Gasteiger partial charge in [0.15, 0.2) is 0 Å². The van der Waals surface area contributed by atoms with Crippen LogP contribution in [0.5, 0.6) is 0 Å². The highest BCUT2D eigenvalue weighted by Crippen LogP contribution is 2.20. The molecule has 2 aliphatic heterocycles. The number of aromatic nitrogens is 2. The van der Waals surface area contributed by atoms with Gasteiger partial charge in [0.1, 0.15) is 5.65 Å². The number of hydrogen-bond acceptors (Lipinski definition) is 3. The number of likely N-dealkylation sites (tertiary alicyclic amines) is 2. The number of nitrogens with one attached hydrogen (secondary N) is 1. The van der Waals surface area contributed by atoms with Gasteiger partial charge in [0.25, 0.3) is 0 Å². The Labute approximate surface area is 148 Å². The van der Waals surface area contributed by atoms with E-state index in [9.17, 15) is 4.79 Å².